The van der Waals surface area contributed by atoms with Gasteiger partial charge in [0, 0.05) is 12.1 Å². The first-order valence-electron chi connectivity index (χ1n) is 5.63. The van der Waals surface area contributed by atoms with E-state index >= 15 is 0 Å². The number of halogens is 3. The first kappa shape index (κ1) is 13.7. The fourth-order valence-corrected chi connectivity index (χ4v) is 2.11. The predicted octanol–water partition coefficient (Wildman–Crippen LogP) is 2.66. The molecule has 0 spiro atoms. The summed E-state index contributed by atoms with van der Waals surface area (Å²) in [6.45, 7) is 3.15. The van der Waals surface area contributed by atoms with E-state index in [0.29, 0.717) is 0 Å². The van der Waals surface area contributed by atoms with Crippen LogP contribution in [0, 0.1) is 11.6 Å². The van der Waals surface area contributed by atoms with Gasteiger partial charge in [-0.05, 0) is 13.8 Å². The monoisotopic (exact) mass is 287 g/mol. The molecule has 0 bridgehead atoms. The van der Waals surface area contributed by atoms with Gasteiger partial charge in [0.05, 0.1) is 10.9 Å². The summed E-state index contributed by atoms with van der Waals surface area (Å²) in [5, 5.41) is -0.573. The van der Waals surface area contributed by atoms with E-state index < -0.39 is 29.0 Å². The summed E-state index contributed by atoms with van der Waals surface area (Å²) in [5.74, 6) is -1.92. The minimum absolute atomic E-state index is 0.0306. The Morgan fingerprint density at radius 3 is 2.58 bits per heavy atom. The molecule has 1 aromatic carbocycles. The summed E-state index contributed by atoms with van der Waals surface area (Å²) < 4.78 is 28.4. The van der Waals surface area contributed by atoms with Crippen molar-refractivity contribution in [1.29, 1.82) is 0 Å². The second-order valence-corrected chi connectivity index (χ2v) is 4.94. The van der Waals surface area contributed by atoms with Crippen molar-refractivity contribution in [2.24, 2.45) is 5.73 Å². The Morgan fingerprint density at radius 2 is 2.05 bits per heavy atom. The van der Waals surface area contributed by atoms with Gasteiger partial charge in [0.15, 0.2) is 5.82 Å². The number of imidazole rings is 1. The van der Waals surface area contributed by atoms with Crippen molar-refractivity contribution in [1.82, 2.24) is 9.55 Å². The quantitative estimate of drug-likeness (QED) is 0.882. The summed E-state index contributed by atoms with van der Waals surface area (Å²) in [6.07, 6.45) is 0. The molecule has 2 atom stereocenters. The number of aromatic nitrogens is 2. The Morgan fingerprint density at radius 1 is 1.42 bits per heavy atom. The van der Waals surface area contributed by atoms with Crippen molar-refractivity contribution in [2.75, 3.05) is 0 Å². The van der Waals surface area contributed by atoms with Crippen LogP contribution in [0.3, 0.4) is 0 Å². The van der Waals surface area contributed by atoms with E-state index in [1.54, 1.807) is 6.92 Å². The molecule has 1 aromatic heterocycles. The van der Waals surface area contributed by atoms with Crippen LogP contribution in [0.15, 0.2) is 12.1 Å². The summed E-state index contributed by atoms with van der Waals surface area (Å²) in [6, 6.07) is 1.03. The normalized spacial score (nSPS) is 14.6. The Hall–Kier alpha value is -1.69. The van der Waals surface area contributed by atoms with Gasteiger partial charge in [-0.15, -0.1) is 11.6 Å². The van der Waals surface area contributed by atoms with Gasteiger partial charge in [0.2, 0.25) is 5.91 Å². The number of hydrogen-bond acceptors (Lipinski definition) is 2. The molecule has 2 rings (SSSR count). The Bertz CT molecular complexity index is 654. The molecule has 4 nitrogen and oxygen atoms in total. The SMILES string of the molecule is CC(Cl)c1nc2c(F)cc(F)cc2n1C(C)C(N)=O. The van der Waals surface area contributed by atoms with E-state index in [0.717, 1.165) is 12.1 Å². The van der Waals surface area contributed by atoms with Gasteiger partial charge in [-0.25, -0.2) is 13.8 Å². The number of rotatable bonds is 3. The zero-order chi connectivity index (χ0) is 14.3. The molecule has 2 N–H and O–H groups in total. The van der Waals surface area contributed by atoms with Crippen molar-refractivity contribution < 1.29 is 13.6 Å². The van der Waals surface area contributed by atoms with Gasteiger partial charge in [-0.2, -0.15) is 0 Å². The fraction of sp³-hybridized carbons (Fsp3) is 0.333. The van der Waals surface area contributed by atoms with Crippen LogP contribution >= 0.6 is 11.6 Å². The van der Waals surface area contributed by atoms with Gasteiger partial charge in [0.1, 0.15) is 23.2 Å². The maximum absolute atomic E-state index is 13.7. The average molecular weight is 288 g/mol. The molecule has 0 aliphatic carbocycles. The first-order valence-corrected chi connectivity index (χ1v) is 6.06. The van der Waals surface area contributed by atoms with Crippen molar-refractivity contribution in [3.63, 3.8) is 0 Å². The van der Waals surface area contributed by atoms with Crippen molar-refractivity contribution in [2.45, 2.75) is 25.3 Å². The molecule has 2 aromatic rings. The number of carbonyl (C=O) groups is 1. The zero-order valence-electron chi connectivity index (χ0n) is 10.3. The fourth-order valence-electron chi connectivity index (χ4n) is 1.95. The van der Waals surface area contributed by atoms with E-state index in [-0.39, 0.29) is 16.9 Å². The van der Waals surface area contributed by atoms with Crippen LogP contribution in [-0.2, 0) is 4.79 Å². The minimum atomic E-state index is -0.803. The molecule has 0 radical (unpaired) electrons. The maximum atomic E-state index is 13.7. The summed E-state index contributed by atoms with van der Waals surface area (Å²) in [5.41, 5.74) is 5.37. The van der Waals surface area contributed by atoms with Gasteiger partial charge in [0.25, 0.3) is 0 Å². The zero-order valence-corrected chi connectivity index (χ0v) is 11.1. The summed E-state index contributed by atoms with van der Waals surface area (Å²) >= 11 is 5.97. The highest BCUT2D eigenvalue weighted by Gasteiger charge is 2.24. The predicted molar refractivity (Wildman–Crippen MR) is 67.8 cm³/mol. The number of amides is 1. The van der Waals surface area contributed by atoms with E-state index in [2.05, 4.69) is 4.98 Å². The number of fused-ring (bicyclic) bond motifs is 1. The number of alkyl halides is 1. The van der Waals surface area contributed by atoms with E-state index in [4.69, 9.17) is 17.3 Å². The molecule has 0 saturated carbocycles. The van der Waals surface area contributed by atoms with Crippen molar-refractivity contribution in [3.05, 3.63) is 29.6 Å². The molecule has 0 aliphatic heterocycles. The lowest BCUT2D eigenvalue weighted by atomic mass is 10.2. The van der Waals surface area contributed by atoms with Gasteiger partial charge in [-0.1, -0.05) is 0 Å². The van der Waals surface area contributed by atoms with Gasteiger partial charge in [-0.3, -0.25) is 4.79 Å². The van der Waals surface area contributed by atoms with Crippen molar-refractivity contribution >= 4 is 28.5 Å². The lowest BCUT2D eigenvalue weighted by molar-refractivity contribution is -0.120. The Labute approximate surface area is 113 Å². The molecule has 102 valence electrons. The number of benzene rings is 1. The lowest BCUT2D eigenvalue weighted by Crippen LogP contribution is -2.25. The third-order valence-electron chi connectivity index (χ3n) is 2.90. The molecule has 0 saturated heterocycles. The molecule has 19 heavy (non-hydrogen) atoms. The average Bonchev–Trinajstić information content (AvgIpc) is 2.67. The molecule has 0 aliphatic rings. The topological polar surface area (TPSA) is 60.9 Å². The minimum Gasteiger partial charge on any atom is -0.368 e. The molecule has 1 amide bonds. The number of nitrogens with zero attached hydrogens (tertiary/aromatic N) is 2. The number of primary amides is 1. The van der Waals surface area contributed by atoms with Gasteiger partial charge < -0.3 is 10.3 Å². The molecular weight excluding hydrogens is 276 g/mol. The Kier molecular flexibility index (Phi) is 3.45. The van der Waals surface area contributed by atoms with Crippen LogP contribution < -0.4 is 5.73 Å². The molecule has 2 unspecified atom stereocenters. The molecule has 0 fully saturated rings. The van der Waals surface area contributed by atoms with E-state index in [9.17, 15) is 13.6 Å². The van der Waals surface area contributed by atoms with Crippen LogP contribution in [0.2, 0.25) is 0 Å². The number of carbonyl (C=O) groups excluding carboxylic acids is 1. The third kappa shape index (κ3) is 2.28. The van der Waals surface area contributed by atoms with Crippen LogP contribution in [0.1, 0.15) is 31.1 Å². The molecular formula is C12H12ClF2N3O. The molecule has 7 heteroatoms. The molecule has 1 heterocycles. The summed E-state index contributed by atoms with van der Waals surface area (Å²) in [7, 11) is 0. The van der Waals surface area contributed by atoms with Crippen LogP contribution in [0.5, 0.6) is 0 Å². The Balaban J connectivity index is 2.84. The van der Waals surface area contributed by atoms with Crippen LogP contribution in [-0.4, -0.2) is 15.5 Å². The van der Waals surface area contributed by atoms with Crippen LogP contribution in [0.4, 0.5) is 8.78 Å². The van der Waals surface area contributed by atoms with Gasteiger partial charge >= 0.3 is 0 Å². The second-order valence-electron chi connectivity index (χ2n) is 4.29. The standard InChI is InChI=1S/C12H12ClF2N3O/c1-5(13)12-17-10-8(15)3-7(14)4-9(10)18(12)6(2)11(16)19/h3-6H,1-2H3,(H2,16,19). The van der Waals surface area contributed by atoms with Crippen molar-refractivity contribution in [3.8, 4) is 0 Å². The van der Waals surface area contributed by atoms with Crippen LogP contribution in [0.25, 0.3) is 11.0 Å². The van der Waals surface area contributed by atoms with E-state index in [1.807, 2.05) is 0 Å². The maximum Gasteiger partial charge on any atom is 0.240 e. The largest absolute Gasteiger partial charge is 0.368 e. The lowest BCUT2D eigenvalue weighted by Gasteiger charge is -2.15. The third-order valence-corrected chi connectivity index (χ3v) is 3.09. The first-order chi connectivity index (χ1) is 8.82. The highest BCUT2D eigenvalue weighted by Crippen LogP contribution is 2.29. The summed E-state index contributed by atoms with van der Waals surface area (Å²) in [4.78, 5) is 15.4. The highest BCUT2D eigenvalue weighted by atomic mass is 35.5. The smallest absolute Gasteiger partial charge is 0.240 e. The highest BCUT2D eigenvalue weighted by molar-refractivity contribution is 6.20. The number of nitrogens with two attached hydrogens (primary N) is 1. The second kappa shape index (κ2) is 4.77. The van der Waals surface area contributed by atoms with E-state index in [1.165, 1.54) is 11.5 Å². The number of hydrogen-bond donors (Lipinski definition) is 1.